The summed E-state index contributed by atoms with van der Waals surface area (Å²) < 4.78 is 13.1. The molecule has 1 saturated heterocycles. The van der Waals surface area contributed by atoms with E-state index in [0.29, 0.717) is 23.7 Å². The molecular weight excluding hydrogens is 446 g/mol. The molecule has 2 aromatic heterocycles. The van der Waals surface area contributed by atoms with E-state index in [-0.39, 0.29) is 5.91 Å². The highest BCUT2D eigenvalue weighted by Crippen LogP contribution is 2.28. The van der Waals surface area contributed by atoms with Crippen molar-refractivity contribution in [3.05, 3.63) is 46.0 Å². The lowest BCUT2D eigenvalue weighted by molar-refractivity contribution is -0.136. The SMILES string of the molecule is COc1ccc(OC)c(CN2CCN(C(=O)C(C)n3c(-c4cccs4)n[nH]c3=S)CC2)c1. The van der Waals surface area contributed by atoms with Gasteiger partial charge in [0.25, 0.3) is 0 Å². The van der Waals surface area contributed by atoms with Crippen LogP contribution in [0.25, 0.3) is 10.7 Å². The first-order chi connectivity index (χ1) is 15.5. The number of nitrogens with zero attached hydrogens (tertiary/aromatic N) is 4. The van der Waals surface area contributed by atoms with Crippen molar-refractivity contribution in [1.82, 2.24) is 24.6 Å². The predicted octanol–water partition coefficient (Wildman–Crippen LogP) is 3.59. The van der Waals surface area contributed by atoms with Crippen molar-refractivity contribution in [2.75, 3.05) is 40.4 Å². The third-order valence-corrected chi connectivity index (χ3v) is 6.91. The Balaban J connectivity index is 1.42. The Morgan fingerprint density at radius 1 is 1.22 bits per heavy atom. The zero-order valence-corrected chi connectivity index (χ0v) is 20.0. The molecule has 0 radical (unpaired) electrons. The van der Waals surface area contributed by atoms with E-state index < -0.39 is 6.04 Å². The Morgan fingerprint density at radius 2 is 2.00 bits per heavy atom. The predicted molar refractivity (Wildman–Crippen MR) is 127 cm³/mol. The number of benzene rings is 1. The van der Waals surface area contributed by atoms with Crippen LogP contribution < -0.4 is 9.47 Å². The number of carbonyl (C=O) groups is 1. The second kappa shape index (κ2) is 9.85. The van der Waals surface area contributed by atoms with Crippen LogP contribution in [0, 0.1) is 4.77 Å². The Hall–Kier alpha value is -2.69. The van der Waals surface area contributed by atoms with Crippen LogP contribution in [0.15, 0.2) is 35.7 Å². The molecule has 170 valence electrons. The quantitative estimate of drug-likeness (QED) is 0.529. The number of nitrogens with one attached hydrogen (secondary N) is 1. The van der Waals surface area contributed by atoms with Crippen LogP contribution in [-0.2, 0) is 11.3 Å². The Bertz CT molecular complexity index is 1120. The van der Waals surface area contributed by atoms with Crippen molar-refractivity contribution in [2.45, 2.75) is 19.5 Å². The first-order valence-corrected chi connectivity index (χ1v) is 11.7. The summed E-state index contributed by atoms with van der Waals surface area (Å²) in [4.78, 5) is 18.5. The summed E-state index contributed by atoms with van der Waals surface area (Å²) >= 11 is 7.00. The number of ether oxygens (including phenoxy) is 2. The zero-order chi connectivity index (χ0) is 22.7. The van der Waals surface area contributed by atoms with Gasteiger partial charge in [-0.25, -0.2) is 0 Å². The molecule has 0 bridgehead atoms. The van der Waals surface area contributed by atoms with Gasteiger partial charge in [0.2, 0.25) is 5.91 Å². The molecular formula is C22H27N5O3S2. The van der Waals surface area contributed by atoms with Crippen LogP contribution in [0.5, 0.6) is 11.5 Å². The minimum Gasteiger partial charge on any atom is -0.497 e. The smallest absolute Gasteiger partial charge is 0.245 e. The molecule has 0 saturated carbocycles. The molecule has 1 unspecified atom stereocenters. The number of aromatic amines is 1. The highest BCUT2D eigenvalue weighted by atomic mass is 32.1. The Labute approximate surface area is 196 Å². The van der Waals surface area contributed by atoms with E-state index in [0.717, 1.165) is 41.6 Å². The molecule has 1 aromatic carbocycles. The number of hydrogen-bond donors (Lipinski definition) is 1. The molecule has 8 nitrogen and oxygen atoms in total. The minimum atomic E-state index is -0.427. The summed E-state index contributed by atoms with van der Waals surface area (Å²) in [6.07, 6.45) is 0. The number of H-pyrrole nitrogens is 1. The molecule has 1 fully saturated rings. The number of aromatic nitrogens is 3. The second-order valence-corrected chi connectivity index (χ2v) is 8.99. The number of piperazine rings is 1. The maximum Gasteiger partial charge on any atom is 0.245 e. The van der Waals surface area contributed by atoms with Crippen LogP contribution >= 0.6 is 23.6 Å². The molecule has 1 aliphatic rings. The van der Waals surface area contributed by atoms with E-state index in [2.05, 4.69) is 15.1 Å². The number of methoxy groups -OCH3 is 2. The van der Waals surface area contributed by atoms with Crippen LogP contribution in [0.4, 0.5) is 0 Å². The normalized spacial score (nSPS) is 15.5. The average Bonchev–Trinajstić information content (AvgIpc) is 3.48. The van der Waals surface area contributed by atoms with E-state index in [1.165, 1.54) is 0 Å². The number of thiophene rings is 1. The van der Waals surface area contributed by atoms with Crippen LogP contribution in [-0.4, -0.2) is 70.9 Å². The van der Waals surface area contributed by atoms with Crippen molar-refractivity contribution in [3.8, 4) is 22.2 Å². The van der Waals surface area contributed by atoms with Gasteiger partial charge in [-0.2, -0.15) is 5.10 Å². The van der Waals surface area contributed by atoms with Crippen molar-refractivity contribution in [3.63, 3.8) is 0 Å². The lowest BCUT2D eigenvalue weighted by Gasteiger charge is -2.36. The summed E-state index contributed by atoms with van der Waals surface area (Å²) in [5, 5.41) is 9.18. The fraction of sp³-hybridized carbons (Fsp3) is 0.409. The molecule has 4 rings (SSSR count). The van der Waals surface area contributed by atoms with Gasteiger partial charge in [-0.05, 0) is 48.8 Å². The van der Waals surface area contributed by atoms with E-state index in [1.807, 2.05) is 52.1 Å². The topological polar surface area (TPSA) is 75.6 Å². The van der Waals surface area contributed by atoms with Crippen LogP contribution in [0.2, 0.25) is 0 Å². The molecule has 1 aliphatic heterocycles. The van der Waals surface area contributed by atoms with Crippen molar-refractivity contribution < 1.29 is 14.3 Å². The molecule has 1 atom stereocenters. The summed E-state index contributed by atoms with van der Waals surface area (Å²) in [7, 11) is 3.34. The standard InChI is InChI=1S/C22H27N5O3S2/c1-15(27-20(23-24-22(27)31)19-5-4-12-32-19)21(28)26-10-8-25(9-11-26)14-16-13-17(29-2)6-7-18(16)30-3/h4-7,12-13,15H,8-11,14H2,1-3H3,(H,24,31). The van der Waals surface area contributed by atoms with Gasteiger partial charge < -0.3 is 14.4 Å². The Morgan fingerprint density at radius 3 is 2.66 bits per heavy atom. The van der Waals surface area contributed by atoms with Crippen LogP contribution in [0.3, 0.4) is 0 Å². The monoisotopic (exact) mass is 473 g/mol. The van der Waals surface area contributed by atoms with Gasteiger partial charge in [-0.1, -0.05) is 6.07 Å². The fourth-order valence-corrected chi connectivity index (χ4v) is 4.99. The minimum absolute atomic E-state index is 0.0546. The summed E-state index contributed by atoms with van der Waals surface area (Å²) in [6.45, 7) is 5.52. The molecule has 10 heteroatoms. The van der Waals surface area contributed by atoms with E-state index in [9.17, 15) is 4.79 Å². The van der Waals surface area contributed by atoms with E-state index in [4.69, 9.17) is 21.7 Å². The largest absolute Gasteiger partial charge is 0.497 e. The van der Waals surface area contributed by atoms with Gasteiger partial charge in [0.05, 0.1) is 19.1 Å². The second-order valence-electron chi connectivity index (χ2n) is 7.65. The van der Waals surface area contributed by atoms with Crippen molar-refractivity contribution in [2.24, 2.45) is 0 Å². The molecule has 1 N–H and O–H groups in total. The number of rotatable bonds is 7. The van der Waals surface area contributed by atoms with Gasteiger partial charge in [-0.15, -0.1) is 11.3 Å². The molecule has 1 amide bonds. The first-order valence-electron chi connectivity index (χ1n) is 10.4. The average molecular weight is 474 g/mol. The molecule has 32 heavy (non-hydrogen) atoms. The third-order valence-electron chi connectivity index (χ3n) is 5.76. The van der Waals surface area contributed by atoms with E-state index in [1.54, 1.807) is 25.6 Å². The van der Waals surface area contributed by atoms with Gasteiger partial charge in [0, 0.05) is 38.3 Å². The summed E-state index contributed by atoms with van der Waals surface area (Å²) in [6, 6.07) is 9.34. The molecule has 3 aromatic rings. The molecule has 3 heterocycles. The van der Waals surface area contributed by atoms with Crippen LogP contribution in [0.1, 0.15) is 18.5 Å². The number of carbonyl (C=O) groups excluding carboxylic acids is 1. The third kappa shape index (κ3) is 4.57. The number of amides is 1. The highest BCUT2D eigenvalue weighted by Gasteiger charge is 2.28. The van der Waals surface area contributed by atoms with Gasteiger partial charge in [-0.3, -0.25) is 19.4 Å². The van der Waals surface area contributed by atoms with Gasteiger partial charge in [0.15, 0.2) is 10.6 Å². The molecule has 0 aliphatic carbocycles. The lowest BCUT2D eigenvalue weighted by Crippen LogP contribution is -2.50. The Kier molecular flexibility index (Phi) is 6.92. The van der Waals surface area contributed by atoms with Crippen molar-refractivity contribution in [1.29, 1.82) is 0 Å². The number of hydrogen-bond acceptors (Lipinski definition) is 7. The van der Waals surface area contributed by atoms with Gasteiger partial charge >= 0.3 is 0 Å². The highest BCUT2D eigenvalue weighted by molar-refractivity contribution is 7.71. The summed E-state index contributed by atoms with van der Waals surface area (Å²) in [5.41, 5.74) is 1.07. The zero-order valence-electron chi connectivity index (χ0n) is 18.4. The maximum atomic E-state index is 13.3. The van der Waals surface area contributed by atoms with Crippen molar-refractivity contribution >= 4 is 29.5 Å². The maximum absolute atomic E-state index is 13.3. The van der Waals surface area contributed by atoms with Gasteiger partial charge in [0.1, 0.15) is 17.5 Å². The summed E-state index contributed by atoms with van der Waals surface area (Å²) in [5.74, 6) is 2.41. The van der Waals surface area contributed by atoms with E-state index >= 15 is 0 Å². The first kappa shape index (κ1) is 22.5. The molecule has 0 spiro atoms. The fourth-order valence-electron chi connectivity index (χ4n) is 3.99. The lowest BCUT2D eigenvalue weighted by atomic mass is 10.1.